The summed E-state index contributed by atoms with van der Waals surface area (Å²) in [6.45, 7) is 2.25. The van der Waals surface area contributed by atoms with Gasteiger partial charge in [0.15, 0.2) is 0 Å². The predicted octanol–water partition coefficient (Wildman–Crippen LogP) is 3.45. The van der Waals surface area contributed by atoms with Crippen LogP contribution in [0.2, 0.25) is 0 Å². The molecule has 1 aromatic carbocycles. The lowest BCUT2D eigenvalue weighted by atomic mass is 10.1. The van der Waals surface area contributed by atoms with Crippen LogP contribution < -0.4 is 5.32 Å². The number of aromatic nitrogens is 1. The molecule has 0 unspecified atom stereocenters. The Balaban J connectivity index is 2.25. The van der Waals surface area contributed by atoms with Crippen LogP contribution in [0.15, 0.2) is 30.3 Å². The molecule has 0 aliphatic heterocycles. The monoisotopic (exact) mass is 266 g/mol. The minimum atomic E-state index is -2.45. The lowest BCUT2D eigenvalue weighted by Gasteiger charge is -2.12. The number of nitrogens with zero attached hydrogens (tertiary/aromatic N) is 1. The van der Waals surface area contributed by atoms with E-state index >= 15 is 0 Å². The van der Waals surface area contributed by atoms with Crippen LogP contribution in [-0.4, -0.2) is 24.6 Å². The van der Waals surface area contributed by atoms with Crippen LogP contribution in [0.5, 0.6) is 0 Å². The lowest BCUT2D eigenvalue weighted by Crippen LogP contribution is -2.08. The van der Waals surface area contributed by atoms with Gasteiger partial charge in [0.25, 0.3) is 6.43 Å². The zero-order chi connectivity index (χ0) is 13.7. The molecule has 1 heterocycles. The Morgan fingerprint density at radius 2 is 2.11 bits per heavy atom. The second-order valence-corrected chi connectivity index (χ2v) is 4.13. The van der Waals surface area contributed by atoms with Crippen molar-refractivity contribution in [3.05, 3.63) is 35.9 Å². The summed E-state index contributed by atoms with van der Waals surface area (Å²) in [5.74, 6) is 0.690. The van der Waals surface area contributed by atoms with Gasteiger partial charge in [-0.1, -0.05) is 18.2 Å². The highest BCUT2D eigenvalue weighted by Crippen LogP contribution is 2.21. The first kappa shape index (κ1) is 13.7. The smallest absolute Gasteiger partial charge is 0.261 e. The number of halogens is 2. The van der Waals surface area contributed by atoms with E-state index in [1.165, 1.54) is 0 Å². The normalized spacial score (nSPS) is 11.2. The molecule has 0 radical (unpaired) electrons. The quantitative estimate of drug-likeness (QED) is 0.869. The van der Waals surface area contributed by atoms with E-state index in [2.05, 4.69) is 10.3 Å². The number of rotatable bonds is 6. The standard InChI is InChI=1S/C14H16F2N2O/c1-2-17-14-11(8-19-9-13(15)16)7-10-5-3-4-6-12(10)18-14/h3-7,13H,2,8-9H2,1H3,(H,17,18). The van der Waals surface area contributed by atoms with E-state index < -0.39 is 13.0 Å². The number of nitrogens with one attached hydrogen (secondary N) is 1. The summed E-state index contributed by atoms with van der Waals surface area (Å²) in [7, 11) is 0. The van der Waals surface area contributed by atoms with Gasteiger partial charge >= 0.3 is 0 Å². The van der Waals surface area contributed by atoms with E-state index in [0.717, 1.165) is 16.5 Å². The number of benzene rings is 1. The third kappa shape index (κ3) is 3.61. The van der Waals surface area contributed by atoms with Crippen LogP contribution in [0.1, 0.15) is 12.5 Å². The molecule has 5 heteroatoms. The SMILES string of the molecule is CCNc1nc2ccccc2cc1COCC(F)F. The van der Waals surface area contributed by atoms with Crippen LogP contribution in [-0.2, 0) is 11.3 Å². The topological polar surface area (TPSA) is 34.2 Å². The maximum absolute atomic E-state index is 12.1. The van der Waals surface area contributed by atoms with E-state index in [4.69, 9.17) is 4.74 Å². The van der Waals surface area contributed by atoms with Crippen molar-refractivity contribution in [2.75, 3.05) is 18.5 Å². The van der Waals surface area contributed by atoms with E-state index in [9.17, 15) is 8.78 Å². The van der Waals surface area contributed by atoms with Crippen LogP contribution in [0.25, 0.3) is 10.9 Å². The molecule has 0 aliphatic rings. The summed E-state index contributed by atoms with van der Waals surface area (Å²) in [4.78, 5) is 4.48. The van der Waals surface area contributed by atoms with Crippen LogP contribution in [0, 0.1) is 0 Å². The molecule has 0 fully saturated rings. The largest absolute Gasteiger partial charge is 0.371 e. The summed E-state index contributed by atoms with van der Waals surface area (Å²) in [6, 6.07) is 9.61. The molecule has 3 nitrogen and oxygen atoms in total. The fraction of sp³-hybridized carbons (Fsp3) is 0.357. The molecular formula is C14H16F2N2O. The molecule has 2 rings (SSSR count). The molecule has 0 bridgehead atoms. The van der Waals surface area contributed by atoms with Crippen molar-refractivity contribution in [3.63, 3.8) is 0 Å². The van der Waals surface area contributed by atoms with Gasteiger partial charge in [-0.2, -0.15) is 0 Å². The number of ether oxygens (including phenoxy) is 1. The van der Waals surface area contributed by atoms with Gasteiger partial charge in [-0.05, 0) is 19.1 Å². The van der Waals surface area contributed by atoms with E-state index in [-0.39, 0.29) is 6.61 Å². The van der Waals surface area contributed by atoms with E-state index in [0.29, 0.717) is 12.4 Å². The third-order valence-corrected chi connectivity index (χ3v) is 2.65. The minimum Gasteiger partial charge on any atom is -0.371 e. The Kier molecular flexibility index (Phi) is 4.63. The zero-order valence-corrected chi connectivity index (χ0v) is 10.7. The number of anilines is 1. The van der Waals surface area contributed by atoms with Crippen molar-refractivity contribution in [2.45, 2.75) is 20.0 Å². The summed E-state index contributed by atoms with van der Waals surface area (Å²) in [6.07, 6.45) is -2.45. The first-order valence-corrected chi connectivity index (χ1v) is 6.19. The van der Waals surface area contributed by atoms with Gasteiger partial charge in [0.1, 0.15) is 12.4 Å². The molecule has 0 atom stereocenters. The van der Waals surface area contributed by atoms with Gasteiger partial charge < -0.3 is 10.1 Å². The van der Waals surface area contributed by atoms with Gasteiger partial charge in [-0.25, -0.2) is 13.8 Å². The summed E-state index contributed by atoms with van der Waals surface area (Å²) < 4.78 is 29.2. The summed E-state index contributed by atoms with van der Waals surface area (Å²) >= 11 is 0. The summed E-state index contributed by atoms with van der Waals surface area (Å²) in [5.41, 5.74) is 1.66. The van der Waals surface area contributed by atoms with Crippen LogP contribution in [0.4, 0.5) is 14.6 Å². The summed E-state index contributed by atoms with van der Waals surface area (Å²) in [5, 5.41) is 4.10. The van der Waals surface area contributed by atoms with Gasteiger partial charge in [0.2, 0.25) is 0 Å². The molecule has 1 N–H and O–H groups in total. The maximum atomic E-state index is 12.1. The molecule has 1 aromatic heterocycles. The van der Waals surface area contributed by atoms with Crippen molar-refractivity contribution in [3.8, 4) is 0 Å². The Hall–Kier alpha value is -1.75. The number of hydrogen-bond acceptors (Lipinski definition) is 3. The van der Waals surface area contributed by atoms with Crippen molar-refractivity contribution in [1.29, 1.82) is 0 Å². The van der Waals surface area contributed by atoms with Crippen LogP contribution >= 0.6 is 0 Å². The number of pyridine rings is 1. The molecule has 0 aliphatic carbocycles. The molecule has 0 saturated heterocycles. The number of para-hydroxylation sites is 1. The Morgan fingerprint density at radius 3 is 2.84 bits per heavy atom. The predicted molar refractivity (Wildman–Crippen MR) is 71.6 cm³/mol. The highest BCUT2D eigenvalue weighted by molar-refractivity contribution is 5.81. The molecule has 0 amide bonds. The maximum Gasteiger partial charge on any atom is 0.261 e. The molecule has 102 valence electrons. The molecule has 0 spiro atoms. The number of fused-ring (bicyclic) bond motifs is 1. The average molecular weight is 266 g/mol. The fourth-order valence-electron chi connectivity index (χ4n) is 1.85. The second-order valence-electron chi connectivity index (χ2n) is 4.13. The van der Waals surface area contributed by atoms with Crippen molar-refractivity contribution >= 4 is 16.7 Å². The number of alkyl halides is 2. The fourth-order valence-corrected chi connectivity index (χ4v) is 1.85. The highest BCUT2D eigenvalue weighted by atomic mass is 19.3. The van der Waals surface area contributed by atoms with Gasteiger partial charge in [-0.3, -0.25) is 0 Å². The first-order valence-electron chi connectivity index (χ1n) is 6.19. The Labute approximate surface area is 110 Å². The zero-order valence-electron chi connectivity index (χ0n) is 10.7. The molecular weight excluding hydrogens is 250 g/mol. The van der Waals surface area contributed by atoms with E-state index in [1.807, 2.05) is 37.3 Å². The van der Waals surface area contributed by atoms with Gasteiger partial charge in [0, 0.05) is 17.5 Å². The van der Waals surface area contributed by atoms with E-state index in [1.54, 1.807) is 0 Å². The molecule has 0 saturated carbocycles. The van der Waals surface area contributed by atoms with Crippen molar-refractivity contribution in [1.82, 2.24) is 4.98 Å². The van der Waals surface area contributed by atoms with Gasteiger partial charge in [0.05, 0.1) is 12.1 Å². The Bertz CT molecular complexity index is 546. The van der Waals surface area contributed by atoms with Crippen molar-refractivity contribution < 1.29 is 13.5 Å². The lowest BCUT2D eigenvalue weighted by molar-refractivity contribution is 0.0100. The third-order valence-electron chi connectivity index (χ3n) is 2.65. The highest BCUT2D eigenvalue weighted by Gasteiger charge is 2.08. The first-order chi connectivity index (χ1) is 9.20. The molecule has 19 heavy (non-hydrogen) atoms. The molecule has 2 aromatic rings. The van der Waals surface area contributed by atoms with Crippen molar-refractivity contribution in [2.24, 2.45) is 0 Å². The Morgan fingerprint density at radius 1 is 1.32 bits per heavy atom. The second kappa shape index (κ2) is 6.43. The van der Waals surface area contributed by atoms with Crippen LogP contribution in [0.3, 0.4) is 0 Å². The number of hydrogen-bond donors (Lipinski definition) is 1. The average Bonchev–Trinajstić information content (AvgIpc) is 2.39. The van der Waals surface area contributed by atoms with Gasteiger partial charge in [-0.15, -0.1) is 0 Å². The minimum absolute atomic E-state index is 0.129.